The predicted octanol–water partition coefficient (Wildman–Crippen LogP) is 3.21. The van der Waals surface area contributed by atoms with Gasteiger partial charge < -0.3 is 15.0 Å². The number of methoxy groups -OCH3 is 1. The van der Waals surface area contributed by atoms with E-state index in [2.05, 4.69) is 56.2 Å². The largest absolute Gasteiger partial charge is 0.383 e. The average molecular weight is 278 g/mol. The van der Waals surface area contributed by atoms with Gasteiger partial charge in [-0.25, -0.2) is 0 Å². The second-order valence-corrected chi connectivity index (χ2v) is 5.70. The number of ether oxygens (including phenoxy) is 1. The number of anilines is 1. The first-order valence-electron chi connectivity index (χ1n) is 7.58. The zero-order chi connectivity index (χ0) is 15.0. The Morgan fingerprint density at radius 1 is 1.35 bits per heavy atom. The summed E-state index contributed by atoms with van der Waals surface area (Å²) in [4.78, 5) is 2.38. The molecule has 114 valence electrons. The van der Waals surface area contributed by atoms with Crippen molar-refractivity contribution in [2.75, 3.05) is 38.8 Å². The number of nitrogens with one attached hydrogen (secondary N) is 1. The van der Waals surface area contributed by atoms with Crippen molar-refractivity contribution in [3.8, 4) is 0 Å². The average Bonchev–Trinajstić information content (AvgIpc) is 2.43. The number of nitrogens with zero attached hydrogens (tertiary/aromatic N) is 1. The van der Waals surface area contributed by atoms with E-state index in [0.717, 1.165) is 32.2 Å². The lowest BCUT2D eigenvalue weighted by Crippen LogP contribution is -2.26. The van der Waals surface area contributed by atoms with Crippen molar-refractivity contribution in [1.82, 2.24) is 5.32 Å². The molecule has 0 bridgehead atoms. The van der Waals surface area contributed by atoms with Gasteiger partial charge in [-0.3, -0.25) is 0 Å². The summed E-state index contributed by atoms with van der Waals surface area (Å²) in [6.45, 7) is 10.3. The molecule has 0 saturated carbocycles. The normalized spacial score (nSPS) is 12.4. The Bertz CT molecular complexity index is 393. The van der Waals surface area contributed by atoms with Crippen LogP contribution in [0.15, 0.2) is 18.2 Å². The van der Waals surface area contributed by atoms with E-state index in [1.807, 2.05) is 0 Å². The first kappa shape index (κ1) is 17.0. The first-order chi connectivity index (χ1) is 9.58. The Morgan fingerprint density at radius 2 is 2.10 bits per heavy atom. The summed E-state index contributed by atoms with van der Waals surface area (Å²) in [6.07, 6.45) is 1.22. The van der Waals surface area contributed by atoms with Gasteiger partial charge in [0.05, 0.1) is 6.61 Å². The second-order valence-electron chi connectivity index (χ2n) is 5.70. The van der Waals surface area contributed by atoms with Gasteiger partial charge in [0.25, 0.3) is 0 Å². The molecule has 0 amide bonds. The Kier molecular flexibility index (Phi) is 7.63. The lowest BCUT2D eigenvalue weighted by molar-refractivity contribution is 0.199. The van der Waals surface area contributed by atoms with Gasteiger partial charge in [-0.15, -0.1) is 0 Å². The molecule has 0 aliphatic rings. The minimum Gasteiger partial charge on any atom is -0.383 e. The maximum atomic E-state index is 5.08. The van der Waals surface area contributed by atoms with Crippen molar-refractivity contribution in [3.05, 3.63) is 29.3 Å². The third-order valence-electron chi connectivity index (χ3n) is 3.73. The quantitative estimate of drug-likeness (QED) is 0.702. The van der Waals surface area contributed by atoms with Crippen LogP contribution in [0.4, 0.5) is 5.69 Å². The second kappa shape index (κ2) is 8.98. The monoisotopic (exact) mass is 278 g/mol. The molecule has 3 heteroatoms. The first-order valence-corrected chi connectivity index (χ1v) is 7.58. The van der Waals surface area contributed by atoms with Gasteiger partial charge in [-0.1, -0.05) is 38.0 Å². The van der Waals surface area contributed by atoms with Crippen LogP contribution in [0.25, 0.3) is 0 Å². The van der Waals surface area contributed by atoms with Crippen LogP contribution in [0.1, 0.15) is 31.4 Å². The molecule has 1 rings (SSSR count). The van der Waals surface area contributed by atoms with Gasteiger partial charge in [0.1, 0.15) is 0 Å². The van der Waals surface area contributed by atoms with E-state index in [9.17, 15) is 0 Å². The van der Waals surface area contributed by atoms with E-state index in [4.69, 9.17) is 4.74 Å². The summed E-state index contributed by atoms with van der Waals surface area (Å²) in [6, 6.07) is 6.72. The Morgan fingerprint density at radius 3 is 2.75 bits per heavy atom. The van der Waals surface area contributed by atoms with Crippen LogP contribution in [-0.4, -0.2) is 33.9 Å². The Labute approximate surface area is 124 Å². The van der Waals surface area contributed by atoms with Crippen molar-refractivity contribution in [2.45, 2.75) is 33.7 Å². The standard InChI is InChI=1S/C17H30N2O/c1-6-14(2)13-19(4)17-8-7-15(3)11-16(17)12-18-9-10-20-5/h7-8,11,14,18H,6,9-10,12-13H2,1-5H3. The topological polar surface area (TPSA) is 24.5 Å². The number of aryl methyl sites for hydroxylation is 1. The van der Waals surface area contributed by atoms with E-state index in [1.165, 1.54) is 23.2 Å². The highest BCUT2D eigenvalue weighted by atomic mass is 16.5. The van der Waals surface area contributed by atoms with Crippen molar-refractivity contribution in [2.24, 2.45) is 5.92 Å². The third kappa shape index (κ3) is 5.51. The van der Waals surface area contributed by atoms with Crippen LogP contribution in [0.2, 0.25) is 0 Å². The summed E-state index contributed by atoms with van der Waals surface area (Å²) in [5.41, 5.74) is 4.02. The zero-order valence-corrected chi connectivity index (χ0v) is 13.7. The molecule has 0 aliphatic heterocycles. The molecule has 1 unspecified atom stereocenters. The predicted molar refractivity (Wildman–Crippen MR) is 87.5 cm³/mol. The van der Waals surface area contributed by atoms with E-state index in [1.54, 1.807) is 7.11 Å². The minimum atomic E-state index is 0.718. The van der Waals surface area contributed by atoms with Crippen molar-refractivity contribution in [3.63, 3.8) is 0 Å². The van der Waals surface area contributed by atoms with Crippen LogP contribution in [-0.2, 0) is 11.3 Å². The summed E-state index contributed by atoms with van der Waals surface area (Å²) < 4.78 is 5.08. The molecule has 20 heavy (non-hydrogen) atoms. The van der Waals surface area contributed by atoms with Gasteiger partial charge in [0.2, 0.25) is 0 Å². The highest BCUT2D eigenvalue weighted by Crippen LogP contribution is 2.22. The SMILES string of the molecule is CCC(C)CN(C)c1ccc(C)cc1CNCCOC. The summed E-state index contributed by atoms with van der Waals surface area (Å²) in [5, 5.41) is 3.44. The molecule has 1 N–H and O–H groups in total. The van der Waals surface area contributed by atoms with E-state index < -0.39 is 0 Å². The number of hydrogen-bond acceptors (Lipinski definition) is 3. The molecule has 1 atom stereocenters. The highest BCUT2D eigenvalue weighted by Gasteiger charge is 2.10. The Balaban J connectivity index is 2.73. The van der Waals surface area contributed by atoms with Crippen LogP contribution >= 0.6 is 0 Å². The number of benzene rings is 1. The number of rotatable bonds is 9. The molecule has 3 nitrogen and oxygen atoms in total. The summed E-state index contributed by atoms with van der Waals surface area (Å²) in [5.74, 6) is 0.718. The highest BCUT2D eigenvalue weighted by molar-refractivity contribution is 5.54. The van der Waals surface area contributed by atoms with Crippen LogP contribution in [0, 0.1) is 12.8 Å². The van der Waals surface area contributed by atoms with Gasteiger partial charge in [-0.2, -0.15) is 0 Å². The van der Waals surface area contributed by atoms with Crippen molar-refractivity contribution < 1.29 is 4.74 Å². The molecular formula is C17H30N2O. The third-order valence-corrected chi connectivity index (χ3v) is 3.73. The van der Waals surface area contributed by atoms with Crippen LogP contribution in [0.5, 0.6) is 0 Å². The fourth-order valence-electron chi connectivity index (χ4n) is 2.32. The molecule has 0 saturated heterocycles. The van der Waals surface area contributed by atoms with Gasteiger partial charge in [0.15, 0.2) is 0 Å². The van der Waals surface area contributed by atoms with Crippen molar-refractivity contribution in [1.29, 1.82) is 0 Å². The fraction of sp³-hybridized carbons (Fsp3) is 0.647. The maximum absolute atomic E-state index is 5.08. The van der Waals surface area contributed by atoms with Gasteiger partial charge in [0, 0.05) is 39.5 Å². The summed E-state index contributed by atoms with van der Waals surface area (Å²) in [7, 11) is 3.93. The molecule has 0 aromatic heterocycles. The zero-order valence-electron chi connectivity index (χ0n) is 13.7. The van der Waals surface area contributed by atoms with E-state index in [-0.39, 0.29) is 0 Å². The molecule has 1 aromatic carbocycles. The molecule has 0 heterocycles. The fourth-order valence-corrected chi connectivity index (χ4v) is 2.32. The molecule has 0 spiro atoms. The summed E-state index contributed by atoms with van der Waals surface area (Å²) >= 11 is 0. The number of hydrogen-bond donors (Lipinski definition) is 1. The molecule has 1 aromatic rings. The molecule has 0 aliphatic carbocycles. The lowest BCUT2D eigenvalue weighted by Gasteiger charge is -2.26. The molecular weight excluding hydrogens is 248 g/mol. The van der Waals surface area contributed by atoms with Crippen LogP contribution in [0.3, 0.4) is 0 Å². The van der Waals surface area contributed by atoms with E-state index in [0.29, 0.717) is 0 Å². The molecule has 0 fully saturated rings. The van der Waals surface area contributed by atoms with Crippen molar-refractivity contribution >= 4 is 5.69 Å². The lowest BCUT2D eigenvalue weighted by atomic mass is 10.1. The Hall–Kier alpha value is -1.06. The smallest absolute Gasteiger partial charge is 0.0587 e. The maximum Gasteiger partial charge on any atom is 0.0587 e. The van der Waals surface area contributed by atoms with Gasteiger partial charge >= 0.3 is 0 Å². The minimum absolute atomic E-state index is 0.718. The molecule has 0 radical (unpaired) electrons. The van der Waals surface area contributed by atoms with Crippen LogP contribution < -0.4 is 10.2 Å². The van der Waals surface area contributed by atoms with E-state index >= 15 is 0 Å². The van der Waals surface area contributed by atoms with Gasteiger partial charge in [-0.05, 0) is 24.5 Å².